The third-order valence-corrected chi connectivity index (χ3v) is 4.86. The molecular weight excluding hydrogens is 385 g/mol. The summed E-state index contributed by atoms with van der Waals surface area (Å²) in [6, 6.07) is 21.2. The highest BCUT2D eigenvalue weighted by Crippen LogP contribution is 2.33. The molecule has 150 valence electrons. The summed E-state index contributed by atoms with van der Waals surface area (Å²) in [5.41, 5.74) is 2.67. The van der Waals surface area contributed by atoms with E-state index >= 15 is 0 Å². The molecular formula is C23H18FN3O3. The maximum Gasteiger partial charge on any atom is 0.247 e. The maximum absolute atomic E-state index is 13.5. The van der Waals surface area contributed by atoms with Gasteiger partial charge in [-0.2, -0.15) is 0 Å². The van der Waals surface area contributed by atoms with Gasteiger partial charge in [0.15, 0.2) is 11.5 Å². The summed E-state index contributed by atoms with van der Waals surface area (Å²) in [4.78, 5) is 0. The summed E-state index contributed by atoms with van der Waals surface area (Å²) in [5.74, 6) is 1.99. The van der Waals surface area contributed by atoms with Crippen LogP contribution in [0.2, 0.25) is 0 Å². The van der Waals surface area contributed by atoms with Gasteiger partial charge >= 0.3 is 0 Å². The summed E-state index contributed by atoms with van der Waals surface area (Å²) < 4.78 is 30.2. The molecule has 2 heterocycles. The number of fused-ring (bicyclic) bond motifs is 1. The molecule has 0 unspecified atom stereocenters. The number of benzene rings is 3. The van der Waals surface area contributed by atoms with Crippen molar-refractivity contribution >= 4 is 0 Å². The first-order valence-corrected chi connectivity index (χ1v) is 9.52. The molecule has 0 spiro atoms. The van der Waals surface area contributed by atoms with Crippen molar-refractivity contribution in [1.82, 2.24) is 15.5 Å². The van der Waals surface area contributed by atoms with Gasteiger partial charge in [-0.1, -0.05) is 36.4 Å². The molecule has 1 aromatic heterocycles. The Morgan fingerprint density at radius 3 is 2.53 bits per heavy atom. The van der Waals surface area contributed by atoms with Crippen molar-refractivity contribution in [3.63, 3.8) is 0 Å². The van der Waals surface area contributed by atoms with Gasteiger partial charge in [0.25, 0.3) is 0 Å². The number of hydrogen-bond donors (Lipinski definition) is 1. The Balaban J connectivity index is 1.42. The van der Waals surface area contributed by atoms with E-state index in [4.69, 9.17) is 13.9 Å². The molecule has 6 nitrogen and oxygen atoms in total. The largest absolute Gasteiger partial charge is 0.454 e. The summed E-state index contributed by atoms with van der Waals surface area (Å²) in [5, 5.41) is 11.9. The monoisotopic (exact) mass is 403 g/mol. The number of hydrogen-bond acceptors (Lipinski definition) is 6. The number of rotatable bonds is 6. The van der Waals surface area contributed by atoms with Crippen molar-refractivity contribution in [3.05, 3.63) is 95.6 Å². The third kappa shape index (κ3) is 3.75. The Bertz CT molecular complexity index is 1150. The highest BCUT2D eigenvalue weighted by molar-refractivity contribution is 5.52. The minimum absolute atomic E-state index is 0.231. The first kappa shape index (κ1) is 18.3. The zero-order valence-electron chi connectivity index (χ0n) is 15.9. The Kier molecular flexibility index (Phi) is 4.86. The van der Waals surface area contributed by atoms with Crippen molar-refractivity contribution in [3.8, 4) is 23.0 Å². The Morgan fingerprint density at radius 2 is 1.70 bits per heavy atom. The molecule has 3 aromatic carbocycles. The van der Waals surface area contributed by atoms with E-state index in [-0.39, 0.29) is 12.6 Å². The van der Waals surface area contributed by atoms with Crippen molar-refractivity contribution in [2.45, 2.75) is 12.6 Å². The first-order valence-electron chi connectivity index (χ1n) is 9.52. The Hall–Kier alpha value is -3.71. The smallest absolute Gasteiger partial charge is 0.247 e. The van der Waals surface area contributed by atoms with Crippen LogP contribution in [-0.2, 0) is 6.54 Å². The molecule has 1 atom stereocenters. The van der Waals surface area contributed by atoms with Crippen LogP contribution in [0.4, 0.5) is 4.39 Å². The van der Waals surface area contributed by atoms with Crippen LogP contribution in [0.25, 0.3) is 11.5 Å². The Labute approximate surface area is 172 Å². The van der Waals surface area contributed by atoms with E-state index in [2.05, 4.69) is 15.5 Å². The molecule has 1 aliphatic rings. The quantitative estimate of drug-likeness (QED) is 0.512. The van der Waals surface area contributed by atoms with Gasteiger partial charge in [-0.05, 0) is 47.5 Å². The number of aromatic nitrogens is 2. The zero-order chi connectivity index (χ0) is 20.3. The van der Waals surface area contributed by atoms with Gasteiger partial charge in [0.05, 0.1) is 0 Å². The van der Waals surface area contributed by atoms with Gasteiger partial charge in [-0.3, -0.25) is 5.32 Å². The number of nitrogens with zero attached hydrogens (tertiary/aromatic N) is 2. The van der Waals surface area contributed by atoms with Gasteiger partial charge in [-0.15, -0.1) is 10.2 Å². The molecule has 0 aliphatic carbocycles. The second-order valence-corrected chi connectivity index (χ2v) is 6.86. The fourth-order valence-electron chi connectivity index (χ4n) is 3.32. The molecule has 0 saturated heterocycles. The topological polar surface area (TPSA) is 69.4 Å². The van der Waals surface area contributed by atoms with Crippen LogP contribution in [0, 0.1) is 5.82 Å². The van der Waals surface area contributed by atoms with E-state index in [1.807, 2.05) is 48.5 Å². The van der Waals surface area contributed by atoms with Gasteiger partial charge in [0.1, 0.15) is 11.9 Å². The minimum atomic E-state index is -0.402. The van der Waals surface area contributed by atoms with Crippen LogP contribution in [0.3, 0.4) is 0 Å². The second kappa shape index (κ2) is 7.96. The standard InChI is InChI=1S/C23H18FN3O3/c24-18-9-7-16(8-10-18)21(23-27-26-22(30-23)17-4-2-1-3-5-17)25-13-15-6-11-19-20(12-15)29-14-28-19/h1-12,21,25H,13-14H2/t21-/m1/s1. The summed E-state index contributed by atoms with van der Waals surface area (Å²) in [7, 11) is 0. The van der Waals surface area contributed by atoms with Crippen LogP contribution >= 0.6 is 0 Å². The highest BCUT2D eigenvalue weighted by Gasteiger charge is 2.22. The van der Waals surface area contributed by atoms with Crippen LogP contribution in [-0.4, -0.2) is 17.0 Å². The molecule has 0 saturated carbocycles. The third-order valence-electron chi connectivity index (χ3n) is 4.86. The second-order valence-electron chi connectivity index (χ2n) is 6.86. The van der Waals surface area contributed by atoms with Crippen LogP contribution < -0.4 is 14.8 Å². The lowest BCUT2D eigenvalue weighted by Crippen LogP contribution is -2.22. The summed E-state index contributed by atoms with van der Waals surface area (Å²) in [6.45, 7) is 0.746. The molecule has 0 bridgehead atoms. The van der Waals surface area contributed by atoms with Crippen LogP contribution in [0.15, 0.2) is 77.2 Å². The lowest BCUT2D eigenvalue weighted by molar-refractivity contribution is 0.174. The lowest BCUT2D eigenvalue weighted by Gasteiger charge is -2.16. The van der Waals surface area contributed by atoms with Gasteiger partial charge in [-0.25, -0.2) is 4.39 Å². The minimum Gasteiger partial charge on any atom is -0.454 e. The number of ether oxygens (including phenoxy) is 2. The normalized spacial score (nSPS) is 13.4. The summed E-state index contributed by atoms with van der Waals surface area (Å²) in [6.07, 6.45) is 0. The van der Waals surface area contributed by atoms with E-state index in [1.54, 1.807) is 12.1 Å². The molecule has 5 rings (SSSR count). The van der Waals surface area contributed by atoms with Crippen molar-refractivity contribution in [2.75, 3.05) is 6.79 Å². The molecule has 7 heteroatoms. The molecule has 1 N–H and O–H groups in total. The predicted molar refractivity (Wildman–Crippen MR) is 107 cm³/mol. The molecule has 4 aromatic rings. The predicted octanol–water partition coefficient (Wildman–Crippen LogP) is 4.48. The summed E-state index contributed by atoms with van der Waals surface area (Å²) >= 11 is 0. The van der Waals surface area contributed by atoms with E-state index in [9.17, 15) is 4.39 Å². The molecule has 0 radical (unpaired) electrons. The van der Waals surface area contributed by atoms with E-state index in [1.165, 1.54) is 12.1 Å². The molecule has 1 aliphatic heterocycles. The number of nitrogens with one attached hydrogen (secondary N) is 1. The van der Waals surface area contributed by atoms with Crippen molar-refractivity contribution in [1.29, 1.82) is 0 Å². The van der Waals surface area contributed by atoms with Crippen LogP contribution in [0.1, 0.15) is 23.1 Å². The SMILES string of the molecule is Fc1ccc([C@@H](NCc2ccc3c(c2)OCO3)c2nnc(-c3ccccc3)o2)cc1. The highest BCUT2D eigenvalue weighted by atomic mass is 19.1. The van der Waals surface area contributed by atoms with E-state index < -0.39 is 6.04 Å². The fraction of sp³-hybridized carbons (Fsp3) is 0.130. The van der Waals surface area contributed by atoms with Gasteiger partial charge < -0.3 is 13.9 Å². The number of halogens is 1. The van der Waals surface area contributed by atoms with Gasteiger partial charge in [0.2, 0.25) is 18.6 Å². The molecule has 30 heavy (non-hydrogen) atoms. The average molecular weight is 403 g/mol. The van der Waals surface area contributed by atoms with Crippen molar-refractivity contribution in [2.24, 2.45) is 0 Å². The van der Waals surface area contributed by atoms with Crippen LogP contribution in [0.5, 0.6) is 11.5 Å². The van der Waals surface area contributed by atoms with E-state index in [0.29, 0.717) is 18.3 Å². The van der Waals surface area contributed by atoms with E-state index in [0.717, 1.165) is 28.2 Å². The fourth-order valence-corrected chi connectivity index (χ4v) is 3.32. The molecule has 0 amide bonds. The zero-order valence-corrected chi connectivity index (χ0v) is 15.9. The average Bonchev–Trinajstić information content (AvgIpc) is 3.45. The maximum atomic E-state index is 13.5. The first-order chi connectivity index (χ1) is 14.8. The lowest BCUT2D eigenvalue weighted by atomic mass is 10.1. The van der Waals surface area contributed by atoms with Gasteiger partial charge in [0, 0.05) is 12.1 Å². The van der Waals surface area contributed by atoms with Crippen molar-refractivity contribution < 1.29 is 18.3 Å². The molecule has 0 fully saturated rings. The Morgan fingerprint density at radius 1 is 0.900 bits per heavy atom.